The highest BCUT2D eigenvalue weighted by Crippen LogP contribution is 2.21. The Morgan fingerprint density at radius 2 is 1.78 bits per heavy atom. The minimum Gasteiger partial charge on any atom is -0.356 e. The van der Waals surface area contributed by atoms with Crippen molar-refractivity contribution in [3.8, 4) is 0 Å². The Labute approximate surface area is 216 Å². The summed E-state index contributed by atoms with van der Waals surface area (Å²) in [6.45, 7) is 3.46. The molecule has 3 rings (SSSR count). The smallest absolute Gasteiger partial charge is 0.277 e. The summed E-state index contributed by atoms with van der Waals surface area (Å²) in [5, 5.41) is 3.58. The molecule has 0 bridgehead atoms. The van der Waals surface area contributed by atoms with Crippen molar-refractivity contribution >= 4 is 17.7 Å². The van der Waals surface area contributed by atoms with E-state index in [1.165, 1.54) is 49.5 Å². The molecule has 2 heterocycles. The van der Waals surface area contributed by atoms with Crippen molar-refractivity contribution in [1.82, 2.24) is 24.8 Å². The number of carbonyl (C=O) groups is 1. The number of thioether (sulfide) groups is 1. The molecule has 0 aliphatic heterocycles. The summed E-state index contributed by atoms with van der Waals surface area (Å²) in [7, 11) is 0. The topological polar surface area (TPSA) is 89.8 Å². The lowest BCUT2D eigenvalue weighted by Gasteiger charge is -2.14. The normalized spacial score (nSPS) is 10.9. The van der Waals surface area contributed by atoms with Gasteiger partial charge >= 0.3 is 0 Å². The summed E-state index contributed by atoms with van der Waals surface area (Å²) in [6.07, 6.45) is 13.9. The second-order valence-corrected chi connectivity index (χ2v) is 9.70. The van der Waals surface area contributed by atoms with E-state index in [0.29, 0.717) is 48.8 Å². The van der Waals surface area contributed by atoms with E-state index in [-0.39, 0.29) is 17.3 Å². The van der Waals surface area contributed by atoms with Gasteiger partial charge in [0.1, 0.15) is 12.1 Å². The highest BCUT2D eigenvalue weighted by molar-refractivity contribution is 7.98. The second-order valence-electron chi connectivity index (χ2n) is 8.75. The van der Waals surface area contributed by atoms with Gasteiger partial charge in [-0.3, -0.25) is 9.59 Å². The van der Waals surface area contributed by atoms with Crippen LogP contribution in [0.2, 0.25) is 0 Å². The van der Waals surface area contributed by atoms with E-state index in [1.54, 1.807) is 24.5 Å². The number of hydrogen-bond acceptors (Lipinski definition) is 6. The van der Waals surface area contributed by atoms with E-state index >= 15 is 0 Å². The van der Waals surface area contributed by atoms with E-state index in [9.17, 15) is 14.0 Å². The fourth-order valence-corrected chi connectivity index (χ4v) is 4.69. The van der Waals surface area contributed by atoms with Crippen molar-refractivity contribution in [3.05, 3.63) is 82.0 Å². The Balaban J connectivity index is 1.62. The number of nitrogens with zero attached hydrogens (tertiary/aromatic N) is 4. The zero-order valence-corrected chi connectivity index (χ0v) is 21.6. The average molecular weight is 512 g/mol. The number of aromatic nitrogens is 4. The number of benzene rings is 1. The maximum Gasteiger partial charge on any atom is 0.277 e. The molecular formula is C27H34FN5O2S. The van der Waals surface area contributed by atoms with Crippen LogP contribution in [0.15, 0.2) is 59.1 Å². The Bertz CT molecular complexity index is 1140. The van der Waals surface area contributed by atoms with Crippen LogP contribution in [0.3, 0.4) is 0 Å². The van der Waals surface area contributed by atoms with Gasteiger partial charge in [-0.25, -0.2) is 14.4 Å². The molecule has 3 aromatic rings. The molecule has 0 aliphatic rings. The molecule has 192 valence electrons. The third-order valence-electron chi connectivity index (χ3n) is 5.72. The van der Waals surface area contributed by atoms with Gasteiger partial charge in [0.15, 0.2) is 5.16 Å². The molecule has 0 saturated carbocycles. The van der Waals surface area contributed by atoms with Crippen LogP contribution in [-0.2, 0) is 23.5 Å². The van der Waals surface area contributed by atoms with E-state index < -0.39 is 0 Å². The zero-order valence-electron chi connectivity index (χ0n) is 20.8. The Morgan fingerprint density at radius 3 is 2.53 bits per heavy atom. The van der Waals surface area contributed by atoms with Crippen LogP contribution in [0, 0.1) is 5.82 Å². The first-order valence-corrected chi connectivity index (χ1v) is 13.5. The Morgan fingerprint density at radius 1 is 1.03 bits per heavy atom. The quantitative estimate of drug-likeness (QED) is 0.177. The molecule has 1 N–H and O–H groups in total. The van der Waals surface area contributed by atoms with Gasteiger partial charge in [-0.2, -0.15) is 4.98 Å². The summed E-state index contributed by atoms with van der Waals surface area (Å²) in [5.74, 6) is 0.311. The number of hydrogen-bond donors (Lipinski definition) is 1. The largest absolute Gasteiger partial charge is 0.356 e. The summed E-state index contributed by atoms with van der Waals surface area (Å²) >= 11 is 1.42. The van der Waals surface area contributed by atoms with Crippen molar-refractivity contribution in [3.63, 3.8) is 0 Å². The van der Waals surface area contributed by atoms with Gasteiger partial charge in [0.2, 0.25) is 5.91 Å². The Hall–Kier alpha value is -3.07. The maximum absolute atomic E-state index is 13.2. The van der Waals surface area contributed by atoms with Crippen molar-refractivity contribution in [2.45, 2.75) is 75.7 Å². The summed E-state index contributed by atoms with van der Waals surface area (Å²) in [6, 6.07) is 6.29. The zero-order chi connectivity index (χ0) is 25.6. The predicted octanol–water partition coefficient (Wildman–Crippen LogP) is 4.92. The Kier molecular flexibility index (Phi) is 11.6. The molecule has 2 aromatic heterocycles. The van der Waals surface area contributed by atoms with Crippen LogP contribution in [0.25, 0.3) is 0 Å². The van der Waals surface area contributed by atoms with Crippen LogP contribution >= 0.6 is 11.8 Å². The minimum atomic E-state index is -0.294. The molecule has 36 heavy (non-hydrogen) atoms. The molecule has 9 heteroatoms. The SMILES string of the molecule is CCCCCCCNC(=O)CCCn1cc(Cc2cncnc2)c(=O)nc1SCc1ccc(F)cc1. The standard InChI is InChI=1S/C27H34FN5O2S/c1-2-3-4-5-6-13-31-25(34)8-7-14-33-18-23(15-22-16-29-20-30-17-22)26(35)32-27(33)36-19-21-9-11-24(28)12-10-21/h9-12,16-18,20H,2-8,13-15,19H2,1H3,(H,31,34). The maximum atomic E-state index is 13.2. The number of carbonyl (C=O) groups excluding carboxylic acids is 1. The first-order valence-electron chi connectivity index (χ1n) is 12.5. The monoisotopic (exact) mass is 511 g/mol. The highest BCUT2D eigenvalue weighted by atomic mass is 32.2. The van der Waals surface area contributed by atoms with Crippen LogP contribution in [0.1, 0.15) is 68.6 Å². The molecule has 0 saturated heterocycles. The fraction of sp³-hybridized carbons (Fsp3) is 0.444. The van der Waals surface area contributed by atoms with Gasteiger partial charge in [-0.15, -0.1) is 0 Å². The van der Waals surface area contributed by atoms with E-state index in [4.69, 9.17) is 0 Å². The lowest BCUT2D eigenvalue weighted by atomic mass is 10.1. The number of halogens is 1. The van der Waals surface area contributed by atoms with Crippen LogP contribution in [-0.4, -0.2) is 32.0 Å². The third-order valence-corrected chi connectivity index (χ3v) is 6.79. The molecule has 7 nitrogen and oxygen atoms in total. The van der Waals surface area contributed by atoms with Crippen LogP contribution in [0.5, 0.6) is 0 Å². The molecule has 1 aromatic carbocycles. The van der Waals surface area contributed by atoms with Gasteiger partial charge in [0, 0.05) is 55.8 Å². The lowest BCUT2D eigenvalue weighted by molar-refractivity contribution is -0.121. The number of rotatable bonds is 15. The van der Waals surface area contributed by atoms with Crippen molar-refractivity contribution in [1.29, 1.82) is 0 Å². The molecule has 0 atom stereocenters. The molecule has 0 fully saturated rings. The molecule has 1 amide bonds. The molecule has 0 aliphatic carbocycles. The number of unbranched alkanes of at least 4 members (excludes halogenated alkanes) is 4. The number of nitrogens with one attached hydrogen (secondary N) is 1. The van der Waals surface area contributed by atoms with Crippen LogP contribution in [0.4, 0.5) is 4.39 Å². The minimum absolute atomic E-state index is 0.0432. The van der Waals surface area contributed by atoms with Crippen molar-refractivity contribution in [2.75, 3.05) is 6.54 Å². The van der Waals surface area contributed by atoms with E-state index in [2.05, 4.69) is 27.2 Å². The second kappa shape index (κ2) is 15.1. The van der Waals surface area contributed by atoms with Gasteiger partial charge in [-0.1, -0.05) is 56.5 Å². The van der Waals surface area contributed by atoms with E-state index in [1.807, 2.05) is 10.8 Å². The number of aryl methyl sites for hydroxylation is 1. The summed E-state index contributed by atoms with van der Waals surface area (Å²) in [4.78, 5) is 37.4. The first kappa shape index (κ1) is 27.5. The fourth-order valence-electron chi connectivity index (χ4n) is 3.74. The average Bonchev–Trinajstić information content (AvgIpc) is 2.88. The summed E-state index contributed by atoms with van der Waals surface area (Å²) in [5.41, 5.74) is 2.02. The van der Waals surface area contributed by atoms with Crippen LogP contribution < -0.4 is 10.9 Å². The van der Waals surface area contributed by atoms with Gasteiger partial charge < -0.3 is 9.88 Å². The van der Waals surface area contributed by atoms with Gasteiger partial charge in [0.05, 0.1) is 0 Å². The highest BCUT2D eigenvalue weighted by Gasteiger charge is 2.12. The number of amides is 1. The molecular weight excluding hydrogens is 477 g/mol. The predicted molar refractivity (Wildman–Crippen MR) is 140 cm³/mol. The van der Waals surface area contributed by atoms with E-state index in [0.717, 1.165) is 24.0 Å². The van der Waals surface area contributed by atoms with Gasteiger partial charge in [0.25, 0.3) is 5.56 Å². The third kappa shape index (κ3) is 9.53. The lowest BCUT2D eigenvalue weighted by Crippen LogP contribution is -2.25. The molecule has 0 radical (unpaired) electrons. The first-order chi connectivity index (χ1) is 17.5. The van der Waals surface area contributed by atoms with Gasteiger partial charge in [-0.05, 0) is 36.1 Å². The van der Waals surface area contributed by atoms with Crippen molar-refractivity contribution < 1.29 is 9.18 Å². The summed E-state index contributed by atoms with van der Waals surface area (Å²) < 4.78 is 15.2. The molecule has 0 spiro atoms. The molecule has 0 unspecified atom stereocenters. The van der Waals surface area contributed by atoms with Crippen molar-refractivity contribution in [2.24, 2.45) is 0 Å².